The van der Waals surface area contributed by atoms with Gasteiger partial charge >= 0.3 is 5.97 Å². The number of hydrogen-bond acceptors (Lipinski definition) is 5. The molecule has 7 nitrogen and oxygen atoms in total. The highest BCUT2D eigenvalue weighted by atomic mass is 16.5. The Morgan fingerprint density at radius 1 is 1.45 bits per heavy atom. The molecular formula is C13H16N4O3. The Morgan fingerprint density at radius 3 is 2.90 bits per heavy atom. The molecule has 3 rings (SSSR count). The second-order valence-electron chi connectivity index (χ2n) is 5.01. The minimum absolute atomic E-state index is 0.410. The third kappa shape index (κ3) is 2.00. The summed E-state index contributed by atoms with van der Waals surface area (Å²) in [6.07, 6.45) is 4.16. The molecular weight excluding hydrogens is 260 g/mol. The monoisotopic (exact) mass is 276 g/mol. The van der Waals surface area contributed by atoms with Crippen molar-refractivity contribution in [1.29, 1.82) is 0 Å². The van der Waals surface area contributed by atoms with E-state index in [1.165, 1.54) is 0 Å². The molecule has 0 unspecified atom stereocenters. The largest absolute Gasteiger partial charge is 0.480 e. The number of nitrogens with zero attached hydrogens (tertiary/aromatic N) is 3. The van der Waals surface area contributed by atoms with E-state index in [0.717, 1.165) is 5.52 Å². The van der Waals surface area contributed by atoms with Gasteiger partial charge in [0.15, 0.2) is 5.82 Å². The van der Waals surface area contributed by atoms with Gasteiger partial charge in [0.2, 0.25) is 0 Å². The molecule has 0 spiro atoms. The Balaban J connectivity index is 2.00. The van der Waals surface area contributed by atoms with Crippen LogP contribution in [0.3, 0.4) is 0 Å². The van der Waals surface area contributed by atoms with Gasteiger partial charge in [0, 0.05) is 39.3 Å². The van der Waals surface area contributed by atoms with E-state index in [0.29, 0.717) is 37.4 Å². The predicted octanol–water partition coefficient (Wildman–Crippen LogP) is 1.01. The Hall–Kier alpha value is -2.15. The van der Waals surface area contributed by atoms with Crippen molar-refractivity contribution < 1.29 is 14.6 Å². The number of carbonyl (C=O) groups is 1. The molecule has 0 bridgehead atoms. The maximum Gasteiger partial charge on any atom is 0.329 e. The van der Waals surface area contributed by atoms with Crippen LogP contribution in [0, 0.1) is 0 Å². The molecule has 3 heterocycles. The van der Waals surface area contributed by atoms with Gasteiger partial charge in [-0.3, -0.25) is 0 Å². The van der Waals surface area contributed by atoms with E-state index in [1.807, 2.05) is 17.7 Å². The number of fused-ring (bicyclic) bond motifs is 1. The van der Waals surface area contributed by atoms with E-state index >= 15 is 0 Å². The highest BCUT2D eigenvalue weighted by Crippen LogP contribution is 2.28. The number of aliphatic carboxylic acids is 1. The van der Waals surface area contributed by atoms with E-state index in [1.54, 1.807) is 12.5 Å². The summed E-state index contributed by atoms with van der Waals surface area (Å²) in [7, 11) is 1.89. The van der Waals surface area contributed by atoms with Crippen LogP contribution >= 0.6 is 0 Å². The van der Waals surface area contributed by atoms with E-state index in [-0.39, 0.29) is 0 Å². The van der Waals surface area contributed by atoms with Gasteiger partial charge in [0.1, 0.15) is 11.1 Å². The molecule has 0 atom stereocenters. The molecule has 2 aromatic heterocycles. The molecule has 0 radical (unpaired) electrons. The van der Waals surface area contributed by atoms with Gasteiger partial charge in [-0.25, -0.2) is 14.8 Å². The Labute approximate surface area is 115 Å². The van der Waals surface area contributed by atoms with E-state index < -0.39 is 11.5 Å². The second kappa shape index (κ2) is 4.75. The average Bonchev–Trinajstić information content (AvgIpc) is 2.83. The van der Waals surface area contributed by atoms with Crippen molar-refractivity contribution in [2.75, 3.05) is 18.5 Å². The standard InChI is InChI=1S/C13H16N4O3/c1-17-8-15-10-9(17)2-5-14-11(10)16-13(12(18)19)3-6-20-7-4-13/h2,5,8H,3-4,6-7H2,1H3,(H,14,16)(H,18,19). The lowest BCUT2D eigenvalue weighted by Crippen LogP contribution is -2.50. The Morgan fingerprint density at radius 2 is 2.20 bits per heavy atom. The van der Waals surface area contributed by atoms with Crippen LogP contribution in [0.5, 0.6) is 0 Å². The van der Waals surface area contributed by atoms with Crippen molar-refractivity contribution in [3.8, 4) is 0 Å². The number of pyridine rings is 1. The smallest absolute Gasteiger partial charge is 0.329 e. The van der Waals surface area contributed by atoms with Gasteiger partial charge in [-0.1, -0.05) is 0 Å². The lowest BCUT2D eigenvalue weighted by molar-refractivity contribution is -0.145. The number of aromatic nitrogens is 3. The normalized spacial score (nSPS) is 18.1. The van der Waals surface area contributed by atoms with Gasteiger partial charge in [-0.05, 0) is 6.07 Å². The third-order valence-electron chi connectivity index (χ3n) is 3.76. The van der Waals surface area contributed by atoms with Crippen LogP contribution < -0.4 is 5.32 Å². The maximum absolute atomic E-state index is 11.7. The van der Waals surface area contributed by atoms with Crippen molar-refractivity contribution >= 4 is 22.8 Å². The molecule has 0 aromatic carbocycles. The second-order valence-corrected chi connectivity index (χ2v) is 5.01. The summed E-state index contributed by atoms with van der Waals surface area (Å²) in [4.78, 5) is 20.2. The number of carboxylic acids is 1. The van der Waals surface area contributed by atoms with Crippen molar-refractivity contribution in [2.24, 2.45) is 7.05 Å². The first-order valence-electron chi connectivity index (χ1n) is 6.48. The molecule has 1 aliphatic heterocycles. The van der Waals surface area contributed by atoms with Crippen LogP contribution in [0.15, 0.2) is 18.6 Å². The Kier molecular flexibility index (Phi) is 3.06. The van der Waals surface area contributed by atoms with Crippen molar-refractivity contribution in [2.45, 2.75) is 18.4 Å². The number of aryl methyl sites for hydroxylation is 1. The zero-order valence-electron chi connectivity index (χ0n) is 11.2. The van der Waals surface area contributed by atoms with E-state index in [2.05, 4.69) is 15.3 Å². The number of anilines is 1. The average molecular weight is 276 g/mol. The Bertz CT molecular complexity index is 646. The summed E-state index contributed by atoms with van der Waals surface area (Å²) in [6, 6.07) is 1.85. The van der Waals surface area contributed by atoms with Crippen molar-refractivity contribution in [3.63, 3.8) is 0 Å². The van der Waals surface area contributed by atoms with Gasteiger partial charge in [0.25, 0.3) is 0 Å². The molecule has 1 saturated heterocycles. The molecule has 2 aromatic rings. The highest BCUT2D eigenvalue weighted by Gasteiger charge is 2.41. The fraction of sp³-hybridized carbons (Fsp3) is 0.462. The topological polar surface area (TPSA) is 89.3 Å². The lowest BCUT2D eigenvalue weighted by Gasteiger charge is -2.34. The van der Waals surface area contributed by atoms with E-state index in [9.17, 15) is 9.90 Å². The molecule has 106 valence electrons. The lowest BCUT2D eigenvalue weighted by atomic mass is 9.90. The van der Waals surface area contributed by atoms with E-state index in [4.69, 9.17) is 4.74 Å². The summed E-state index contributed by atoms with van der Waals surface area (Å²) in [5.74, 6) is -0.372. The predicted molar refractivity (Wildman–Crippen MR) is 72.6 cm³/mol. The first-order chi connectivity index (χ1) is 9.62. The minimum atomic E-state index is -1.03. The summed E-state index contributed by atoms with van der Waals surface area (Å²) in [5.41, 5.74) is 0.564. The van der Waals surface area contributed by atoms with Crippen LogP contribution in [-0.4, -0.2) is 44.4 Å². The molecule has 0 amide bonds. The summed E-state index contributed by atoms with van der Waals surface area (Å²) in [6.45, 7) is 0.856. The minimum Gasteiger partial charge on any atom is -0.480 e. The van der Waals surface area contributed by atoms with Crippen LogP contribution in [0.1, 0.15) is 12.8 Å². The molecule has 7 heteroatoms. The van der Waals surface area contributed by atoms with Gasteiger partial charge in [-0.15, -0.1) is 0 Å². The molecule has 20 heavy (non-hydrogen) atoms. The van der Waals surface area contributed by atoms with Crippen LogP contribution in [-0.2, 0) is 16.6 Å². The number of nitrogens with one attached hydrogen (secondary N) is 1. The molecule has 2 N–H and O–H groups in total. The fourth-order valence-electron chi connectivity index (χ4n) is 2.49. The molecule has 1 fully saturated rings. The molecule has 0 aliphatic carbocycles. The van der Waals surface area contributed by atoms with Gasteiger partial charge < -0.3 is 19.7 Å². The van der Waals surface area contributed by atoms with Gasteiger partial charge in [-0.2, -0.15) is 0 Å². The number of ether oxygens (including phenoxy) is 1. The summed E-state index contributed by atoms with van der Waals surface area (Å²) in [5, 5.41) is 12.6. The van der Waals surface area contributed by atoms with Gasteiger partial charge in [0.05, 0.1) is 11.8 Å². The first-order valence-corrected chi connectivity index (χ1v) is 6.48. The van der Waals surface area contributed by atoms with Crippen molar-refractivity contribution in [3.05, 3.63) is 18.6 Å². The quantitative estimate of drug-likeness (QED) is 0.869. The molecule has 0 saturated carbocycles. The number of carboxylic acid groups (broad SMARTS) is 1. The molecule has 1 aliphatic rings. The SMILES string of the molecule is Cn1cnc2c(NC3(C(=O)O)CCOCC3)nccc21. The van der Waals surface area contributed by atoms with Crippen LogP contribution in [0.2, 0.25) is 0 Å². The first kappa shape index (κ1) is 12.9. The highest BCUT2D eigenvalue weighted by molar-refractivity contribution is 5.90. The zero-order chi connectivity index (χ0) is 14.2. The third-order valence-corrected chi connectivity index (χ3v) is 3.76. The summed E-state index contributed by atoms with van der Waals surface area (Å²) >= 11 is 0. The summed E-state index contributed by atoms with van der Waals surface area (Å²) < 4.78 is 7.14. The number of rotatable bonds is 3. The fourth-order valence-corrected chi connectivity index (χ4v) is 2.49. The maximum atomic E-state index is 11.7. The van der Waals surface area contributed by atoms with Crippen LogP contribution in [0.4, 0.5) is 5.82 Å². The number of hydrogen-bond donors (Lipinski definition) is 2. The van der Waals surface area contributed by atoms with Crippen LogP contribution in [0.25, 0.3) is 11.0 Å². The zero-order valence-corrected chi connectivity index (χ0v) is 11.2. The van der Waals surface area contributed by atoms with Crippen molar-refractivity contribution in [1.82, 2.24) is 14.5 Å². The number of imidazole rings is 1.